The van der Waals surface area contributed by atoms with Gasteiger partial charge in [-0.2, -0.15) is 18.2 Å². The van der Waals surface area contributed by atoms with Crippen molar-refractivity contribution in [1.82, 2.24) is 4.98 Å². The summed E-state index contributed by atoms with van der Waals surface area (Å²) < 4.78 is 86.2. The number of rotatable bonds is 5. The van der Waals surface area contributed by atoms with Crippen molar-refractivity contribution < 1.29 is 30.4 Å². The van der Waals surface area contributed by atoms with E-state index >= 15 is 0 Å². The Labute approximate surface area is 186 Å². The van der Waals surface area contributed by atoms with Gasteiger partial charge < -0.3 is 10.2 Å². The van der Waals surface area contributed by atoms with Gasteiger partial charge in [-0.15, -0.1) is 0 Å². The summed E-state index contributed by atoms with van der Waals surface area (Å²) in [6, 6.07) is 15.4. The Hall–Kier alpha value is -3.50. The first-order valence-electron chi connectivity index (χ1n) is 9.57. The molecule has 5 nitrogen and oxygen atoms in total. The molecule has 1 heterocycles. The van der Waals surface area contributed by atoms with Gasteiger partial charge >= 0.3 is 6.18 Å². The molecule has 170 valence electrons. The smallest absolute Gasteiger partial charge is 0.417 e. The average Bonchev–Trinajstić information content (AvgIpc) is 3.25. The molecule has 0 aliphatic heterocycles. The average molecular weight is 476 g/mol. The molecule has 3 aromatic carbocycles. The molecule has 0 radical (unpaired) electrons. The van der Waals surface area contributed by atoms with Crippen LogP contribution >= 0.6 is 0 Å². The van der Waals surface area contributed by atoms with E-state index in [2.05, 4.69) is 4.98 Å². The third-order valence-corrected chi connectivity index (χ3v) is 6.60. The van der Waals surface area contributed by atoms with Gasteiger partial charge in [0.15, 0.2) is 5.76 Å². The number of sulfone groups is 1. The summed E-state index contributed by atoms with van der Waals surface area (Å²) >= 11 is 0. The molecule has 0 bridgehead atoms. The number of alkyl halides is 3. The quantitative estimate of drug-likeness (QED) is 0.391. The largest absolute Gasteiger partial charge is 0.438 e. The highest BCUT2D eigenvalue weighted by Gasteiger charge is 2.37. The standard InChI is InChI=1S/C23H16F4N2O3S/c24-15-12-10-14(11-13-15)19(28)20-22(33(30,31)16-6-2-1-3-7-16)29-21(32-20)17-8-4-5-9-18(17)23(25,26)27/h1-13,19H,28H2. The predicted molar refractivity (Wildman–Crippen MR) is 111 cm³/mol. The summed E-state index contributed by atoms with van der Waals surface area (Å²) in [5.74, 6) is -1.46. The lowest BCUT2D eigenvalue weighted by Crippen LogP contribution is -2.15. The van der Waals surface area contributed by atoms with Crippen LogP contribution in [-0.2, 0) is 16.0 Å². The SMILES string of the molecule is NC(c1ccc(F)cc1)c1oc(-c2ccccc2C(F)(F)F)nc1S(=O)(=O)c1ccccc1. The van der Waals surface area contributed by atoms with Crippen LogP contribution in [0, 0.1) is 5.82 Å². The molecule has 4 aromatic rings. The van der Waals surface area contributed by atoms with Gasteiger partial charge in [-0.25, -0.2) is 12.8 Å². The number of nitrogens with two attached hydrogens (primary N) is 1. The van der Waals surface area contributed by atoms with E-state index in [1.165, 1.54) is 48.5 Å². The zero-order valence-corrected chi connectivity index (χ0v) is 17.6. The van der Waals surface area contributed by atoms with E-state index in [-0.39, 0.29) is 16.2 Å². The van der Waals surface area contributed by atoms with Gasteiger partial charge in [-0.1, -0.05) is 42.5 Å². The van der Waals surface area contributed by atoms with Crippen molar-refractivity contribution in [2.45, 2.75) is 22.1 Å². The fraction of sp³-hybridized carbons (Fsp3) is 0.0870. The normalized spacial score (nSPS) is 13.1. The Kier molecular flexibility index (Phi) is 5.81. The lowest BCUT2D eigenvalue weighted by molar-refractivity contribution is -0.137. The molecule has 0 aliphatic rings. The topological polar surface area (TPSA) is 86.2 Å². The monoisotopic (exact) mass is 476 g/mol. The third-order valence-electron chi connectivity index (χ3n) is 4.90. The molecular formula is C23H16F4N2O3S. The van der Waals surface area contributed by atoms with Gasteiger partial charge in [0.2, 0.25) is 20.8 Å². The van der Waals surface area contributed by atoms with Crippen molar-refractivity contribution in [2.24, 2.45) is 5.73 Å². The summed E-state index contributed by atoms with van der Waals surface area (Å²) in [4.78, 5) is 3.82. The van der Waals surface area contributed by atoms with Crippen LogP contribution in [0.2, 0.25) is 0 Å². The van der Waals surface area contributed by atoms with E-state index in [1.807, 2.05) is 0 Å². The minimum atomic E-state index is -4.73. The molecule has 0 aliphatic carbocycles. The minimum absolute atomic E-state index is 0.137. The number of halogens is 4. The lowest BCUT2D eigenvalue weighted by Gasteiger charge is -2.11. The van der Waals surface area contributed by atoms with Gasteiger partial charge in [0.25, 0.3) is 0 Å². The van der Waals surface area contributed by atoms with Crippen LogP contribution in [0.3, 0.4) is 0 Å². The van der Waals surface area contributed by atoms with Crippen LogP contribution < -0.4 is 5.73 Å². The van der Waals surface area contributed by atoms with Gasteiger partial charge in [-0.05, 0) is 42.0 Å². The summed E-state index contributed by atoms with van der Waals surface area (Å²) in [5, 5.41) is -0.613. The van der Waals surface area contributed by atoms with Gasteiger partial charge in [-0.3, -0.25) is 0 Å². The number of hydrogen-bond acceptors (Lipinski definition) is 5. The number of nitrogens with zero attached hydrogens (tertiary/aromatic N) is 1. The first-order valence-corrected chi connectivity index (χ1v) is 11.1. The van der Waals surface area contributed by atoms with E-state index in [1.54, 1.807) is 6.07 Å². The van der Waals surface area contributed by atoms with Crippen molar-refractivity contribution in [2.75, 3.05) is 0 Å². The summed E-state index contributed by atoms with van der Waals surface area (Å²) in [6.45, 7) is 0. The number of benzene rings is 3. The first kappa shape index (κ1) is 22.7. The molecule has 1 atom stereocenters. The molecule has 33 heavy (non-hydrogen) atoms. The van der Waals surface area contributed by atoms with Crippen LogP contribution in [-0.4, -0.2) is 13.4 Å². The van der Waals surface area contributed by atoms with Crippen LogP contribution in [0.25, 0.3) is 11.5 Å². The Bertz CT molecular complexity index is 1380. The van der Waals surface area contributed by atoms with E-state index in [9.17, 15) is 26.0 Å². The highest BCUT2D eigenvalue weighted by atomic mass is 32.2. The molecule has 0 spiro atoms. The Balaban J connectivity index is 1.94. The molecule has 0 amide bonds. The molecule has 10 heteroatoms. The fourth-order valence-electron chi connectivity index (χ4n) is 3.27. The van der Waals surface area contributed by atoms with E-state index in [0.29, 0.717) is 0 Å². The Morgan fingerprint density at radius 2 is 1.48 bits per heavy atom. The third kappa shape index (κ3) is 4.39. The zero-order valence-electron chi connectivity index (χ0n) is 16.8. The first-order chi connectivity index (χ1) is 15.6. The molecule has 1 aromatic heterocycles. The van der Waals surface area contributed by atoms with Crippen LogP contribution in [0.5, 0.6) is 0 Å². The van der Waals surface area contributed by atoms with Crippen molar-refractivity contribution >= 4 is 9.84 Å². The summed E-state index contributed by atoms with van der Waals surface area (Å²) in [6.07, 6.45) is -4.73. The summed E-state index contributed by atoms with van der Waals surface area (Å²) in [7, 11) is -4.31. The van der Waals surface area contributed by atoms with Crippen LogP contribution in [0.4, 0.5) is 17.6 Å². The second-order valence-corrected chi connectivity index (χ2v) is 8.94. The molecule has 0 fully saturated rings. The Morgan fingerprint density at radius 3 is 2.12 bits per heavy atom. The molecule has 0 saturated carbocycles. The van der Waals surface area contributed by atoms with Crippen LogP contribution in [0.1, 0.15) is 22.9 Å². The van der Waals surface area contributed by atoms with Crippen molar-refractivity contribution in [3.63, 3.8) is 0 Å². The van der Waals surface area contributed by atoms with Gasteiger partial charge in [0.05, 0.1) is 16.5 Å². The van der Waals surface area contributed by atoms with Gasteiger partial charge in [0, 0.05) is 5.56 Å². The molecular weight excluding hydrogens is 460 g/mol. The Morgan fingerprint density at radius 1 is 0.879 bits per heavy atom. The highest BCUT2D eigenvalue weighted by molar-refractivity contribution is 7.91. The number of hydrogen-bond donors (Lipinski definition) is 1. The van der Waals surface area contributed by atoms with Crippen molar-refractivity contribution in [3.8, 4) is 11.5 Å². The van der Waals surface area contributed by atoms with E-state index in [4.69, 9.17) is 10.2 Å². The fourth-order valence-corrected chi connectivity index (χ4v) is 4.65. The predicted octanol–water partition coefficient (Wildman–Crippen LogP) is 5.38. The molecule has 4 rings (SSSR count). The lowest BCUT2D eigenvalue weighted by atomic mass is 10.1. The van der Waals surface area contributed by atoms with Crippen LogP contribution in [0.15, 0.2) is 93.2 Å². The number of aromatic nitrogens is 1. The maximum Gasteiger partial charge on any atom is 0.417 e. The second-order valence-electron chi connectivity index (χ2n) is 7.08. The maximum absolute atomic E-state index is 13.6. The molecule has 1 unspecified atom stereocenters. The molecule has 0 saturated heterocycles. The molecule has 2 N–H and O–H groups in total. The maximum atomic E-state index is 13.6. The van der Waals surface area contributed by atoms with Crippen molar-refractivity contribution in [3.05, 3.63) is 102 Å². The highest BCUT2D eigenvalue weighted by Crippen LogP contribution is 2.39. The number of oxazole rings is 1. The van der Waals surface area contributed by atoms with Gasteiger partial charge in [0.1, 0.15) is 5.82 Å². The van der Waals surface area contributed by atoms with Crippen molar-refractivity contribution in [1.29, 1.82) is 0 Å². The summed E-state index contributed by atoms with van der Waals surface area (Å²) in [5.41, 5.74) is 5.02. The van der Waals surface area contributed by atoms with E-state index < -0.39 is 49.9 Å². The second kappa shape index (κ2) is 8.45. The minimum Gasteiger partial charge on any atom is -0.438 e. The van der Waals surface area contributed by atoms with E-state index in [0.717, 1.165) is 24.3 Å². The zero-order chi connectivity index (χ0) is 23.8.